The van der Waals surface area contributed by atoms with Gasteiger partial charge in [0.25, 0.3) is 5.91 Å². The van der Waals surface area contributed by atoms with Gasteiger partial charge in [0.2, 0.25) is 0 Å². The van der Waals surface area contributed by atoms with Crippen molar-refractivity contribution in [2.24, 2.45) is 0 Å². The third-order valence-electron chi connectivity index (χ3n) is 2.60. The summed E-state index contributed by atoms with van der Waals surface area (Å²) in [4.78, 5) is 13.3. The molecule has 104 valence electrons. The minimum atomic E-state index is -0.101. The van der Waals surface area contributed by atoms with Gasteiger partial charge in [-0.1, -0.05) is 37.6 Å². The molecule has 2 aromatic rings. The Labute approximate surface area is 128 Å². The highest BCUT2D eigenvalue weighted by Crippen LogP contribution is 2.27. The Morgan fingerprint density at radius 1 is 1.10 bits per heavy atom. The predicted molar refractivity (Wildman–Crippen MR) is 86.8 cm³/mol. The van der Waals surface area contributed by atoms with Gasteiger partial charge in [0.05, 0.1) is 5.56 Å². The summed E-state index contributed by atoms with van der Waals surface area (Å²) in [5, 5.41) is 3.97. The molecule has 0 unspecified atom stereocenters. The van der Waals surface area contributed by atoms with Crippen LogP contribution in [0.15, 0.2) is 53.4 Å². The molecule has 0 radical (unpaired) electrons. The van der Waals surface area contributed by atoms with Crippen LogP contribution >= 0.6 is 23.4 Å². The largest absolute Gasteiger partial charge is 0.322 e. The summed E-state index contributed by atoms with van der Waals surface area (Å²) in [6.45, 7) is 4.22. The number of hydrogen-bond donors (Lipinski definition) is 1. The van der Waals surface area contributed by atoms with E-state index in [0.29, 0.717) is 15.8 Å². The fourth-order valence-electron chi connectivity index (χ4n) is 1.74. The first-order valence-corrected chi connectivity index (χ1v) is 7.64. The van der Waals surface area contributed by atoms with E-state index in [2.05, 4.69) is 19.2 Å². The van der Waals surface area contributed by atoms with Crippen molar-refractivity contribution in [1.29, 1.82) is 0 Å². The second-order valence-corrected chi connectivity index (χ2v) is 6.68. The highest BCUT2D eigenvalue weighted by Gasteiger charge is 2.12. The zero-order valence-electron chi connectivity index (χ0n) is 11.4. The minimum Gasteiger partial charge on any atom is -0.322 e. The number of hydrogen-bond acceptors (Lipinski definition) is 2. The number of carbonyl (C=O) groups excluding carboxylic acids is 1. The molecule has 2 aromatic carbocycles. The molecule has 4 heteroatoms. The number of benzene rings is 2. The third kappa shape index (κ3) is 4.02. The van der Waals surface area contributed by atoms with Gasteiger partial charge < -0.3 is 5.32 Å². The molecule has 0 fully saturated rings. The standard InChI is InChI=1S/C16H16ClNOS/c1-11(2)20-15-6-4-3-5-14(15)16(19)18-13-9-7-12(17)8-10-13/h3-11H,1-2H3,(H,18,19). The van der Waals surface area contributed by atoms with Crippen LogP contribution in [0.4, 0.5) is 5.69 Å². The van der Waals surface area contributed by atoms with E-state index in [1.54, 1.807) is 36.0 Å². The highest BCUT2D eigenvalue weighted by molar-refractivity contribution is 8.00. The van der Waals surface area contributed by atoms with E-state index < -0.39 is 0 Å². The first-order valence-electron chi connectivity index (χ1n) is 6.39. The summed E-state index contributed by atoms with van der Waals surface area (Å²) in [5.74, 6) is -0.101. The van der Waals surface area contributed by atoms with E-state index >= 15 is 0 Å². The second-order valence-electron chi connectivity index (χ2n) is 4.62. The molecule has 0 atom stereocenters. The highest BCUT2D eigenvalue weighted by atomic mass is 35.5. The van der Waals surface area contributed by atoms with Crippen molar-refractivity contribution >= 4 is 35.0 Å². The predicted octanol–water partition coefficient (Wildman–Crippen LogP) is 5.09. The molecule has 0 aliphatic carbocycles. The number of carbonyl (C=O) groups is 1. The molecule has 1 N–H and O–H groups in total. The van der Waals surface area contributed by atoms with E-state index in [1.165, 1.54) is 0 Å². The fraction of sp³-hybridized carbons (Fsp3) is 0.188. The van der Waals surface area contributed by atoms with Crippen molar-refractivity contribution in [2.45, 2.75) is 24.0 Å². The van der Waals surface area contributed by atoms with Crippen LogP contribution in [0.1, 0.15) is 24.2 Å². The molecular formula is C16H16ClNOS. The van der Waals surface area contributed by atoms with Crippen molar-refractivity contribution in [3.8, 4) is 0 Å². The number of amides is 1. The smallest absolute Gasteiger partial charge is 0.256 e. The Bertz CT molecular complexity index is 596. The van der Waals surface area contributed by atoms with Gasteiger partial charge in [0.1, 0.15) is 0 Å². The van der Waals surface area contributed by atoms with Gasteiger partial charge in [-0.2, -0.15) is 0 Å². The molecule has 0 saturated heterocycles. The number of halogens is 1. The Hall–Kier alpha value is -1.45. The van der Waals surface area contributed by atoms with E-state index in [1.807, 2.05) is 24.3 Å². The summed E-state index contributed by atoms with van der Waals surface area (Å²) < 4.78 is 0. The summed E-state index contributed by atoms with van der Waals surface area (Å²) in [7, 11) is 0. The number of anilines is 1. The molecule has 20 heavy (non-hydrogen) atoms. The van der Waals surface area contributed by atoms with Crippen LogP contribution in [0.25, 0.3) is 0 Å². The van der Waals surface area contributed by atoms with Gasteiger partial charge in [-0.15, -0.1) is 11.8 Å². The average Bonchev–Trinajstić information content (AvgIpc) is 2.41. The topological polar surface area (TPSA) is 29.1 Å². The fourth-order valence-corrected chi connectivity index (χ4v) is 2.82. The summed E-state index contributed by atoms with van der Waals surface area (Å²) in [6.07, 6.45) is 0. The van der Waals surface area contributed by atoms with Crippen molar-refractivity contribution in [1.82, 2.24) is 0 Å². The molecule has 1 amide bonds. The van der Waals surface area contributed by atoms with Crippen LogP contribution in [-0.2, 0) is 0 Å². The molecule has 0 aliphatic rings. The molecule has 2 nitrogen and oxygen atoms in total. The third-order valence-corrected chi connectivity index (χ3v) is 3.93. The maximum atomic E-state index is 12.3. The zero-order chi connectivity index (χ0) is 14.5. The first-order chi connectivity index (χ1) is 9.56. The lowest BCUT2D eigenvalue weighted by molar-refractivity contribution is 0.102. The number of nitrogens with one attached hydrogen (secondary N) is 1. The van der Waals surface area contributed by atoms with Crippen LogP contribution in [-0.4, -0.2) is 11.2 Å². The molecule has 0 bridgehead atoms. The maximum absolute atomic E-state index is 12.3. The average molecular weight is 306 g/mol. The number of rotatable bonds is 4. The lowest BCUT2D eigenvalue weighted by atomic mass is 10.2. The minimum absolute atomic E-state index is 0.101. The lowest BCUT2D eigenvalue weighted by Gasteiger charge is -2.11. The van der Waals surface area contributed by atoms with Crippen molar-refractivity contribution < 1.29 is 4.79 Å². The van der Waals surface area contributed by atoms with Crippen LogP contribution in [0.3, 0.4) is 0 Å². The molecule has 0 aromatic heterocycles. The van der Waals surface area contributed by atoms with Crippen LogP contribution < -0.4 is 5.32 Å². The Kier molecular flexibility index (Phi) is 5.10. The molecular weight excluding hydrogens is 290 g/mol. The molecule has 0 aliphatic heterocycles. The van der Waals surface area contributed by atoms with E-state index in [9.17, 15) is 4.79 Å². The second kappa shape index (κ2) is 6.82. The normalized spacial score (nSPS) is 10.6. The van der Waals surface area contributed by atoms with Crippen molar-refractivity contribution in [2.75, 3.05) is 5.32 Å². The van der Waals surface area contributed by atoms with Gasteiger partial charge in [-0.25, -0.2) is 0 Å². The van der Waals surface area contributed by atoms with Gasteiger partial charge in [0.15, 0.2) is 0 Å². The first kappa shape index (κ1) is 14.9. The Morgan fingerprint density at radius 3 is 2.40 bits per heavy atom. The van der Waals surface area contributed by atoms with Crippen molar-refractivity contribution in [3.63, 3.8) is 0 Å². The van der Waals surface area contributed by atoms with E-state index in [-0.39, 0.29) is 5.91 Å². The Balaban J connectivity index is 2.18. The van der Waals surface area contributed by atoms with E-state index in [0.717, 1.165) is 10.6 Å². The quantitative estimate of drug-likeness (QED) is 0.797. The molecule has 0 saturated carbocycles. The van der Waals surface area contributed by atoms with E-state index in [4.69, 9.17) is 11.6 Å². The summed E-state index contributed by atoms with van der Waals surface area (Å²) in [5.41, 5.74) is 1.44. The lowest BCUT2D eigenvalue weighted by Crippen LogP contribution is -2.13. The molecule has 2 rings (SSSR count). The summed E-state index contributed by atoms with van der Waals surface area (Å²) >= 11 is 7.52. The van der Waals surface area contributed by atoms with Crippen LogP contribution in [0.2, 0.25) is 5.02 Å². The van der Waals surface area contributed by atoms with Crippen LogP contribution in [0, 0.1) is 0 Å². The van der Waals surface area contributed by atoms with Crippen molar-refractivity contribution in [3.05, 3.63) is 59.1 Å². The Morgan fingerprint density at radius 2 is 1.75 bits per heavy atom. The summed E-state index contributed by atoms with van der Waals surface area (Å²) in [6, 6.07) is 14.7. The van der Waals surface area contributed by atoms with Crippen LogP contribution in [0.5, 0.6) is 0 Å². The van der Waals surface area contributed by atoms with Gasteiger partial charge >= 0.3 is 0 Å². The SMILES string of the molecule is CC(C)Sc1ccccc1C(=O)Nc1ccc(Cl)cc1. The molecule has 0 spiro atoms. The maximum Gasteiger partial charge on any atom is 0.256 e. The van der Waals surface area contributed by atoms with Gasteiger partial charge in [-0.05, 0) is 36.4 Å². The van der Waals surface area contributed by atoms with Gasteiger partial charge in [-0.3, -0.25) is 4.79 Å². The zero-order valence-corrected chi connectivity index (χ0v) is 13.0. The monoisotopic (exact) mass is 305 g/mol. The van der Waals surface area contributed by atoms with Gasteiger partial charge in [0, 0.05) is 20.9 Å². The number of thioether (sulfide) groups is 1. The molecule has 0 heterocycles.